The molecule has 51 heavy (non-hydrogen) atoms. The Bertz CT molecular complexity index is 692. The molecule has 0 aromatic carbocycles. The van der Waals surface area contributed by atoms with E-state index in [0.29, 0.717) is 12.8 Å². The minimum Gasteiger partial charge on any atom is -0.394 e. The van der Waals surface area contributed by atoms with E-state index in [2.05, 4.69) is 19.2 Å². The predicted octanol–water partition coefficient (Wildman–Crippen LogP) is 12.0. The highest BCUT2D eigenvalue weighted by Gasteiger charge is 2.28. The molecule has 0 aliphatic heterocycles. The molecule has 0 rings (SSSR count). The van der Waals surface area contributed by atoms with E-state index in [4.69, 9.17) is 0 Å². The summed E-state index contributed by atoms with van der Waals surface area (Å²) in [6.45, 7) is 4.01. The van der Waals surface area contributed by atoms with Crippen LogP contribution in [0.25, 0.3) is 0 Å². The lowest BCUT2D eigenvalue weighted by molar-refractivity contribution is -0.132. The van der Waals surface area contributed by atoms with Gasteiger partial charge in [0, 0.05) is 0 Å². The van der Waals surface area contributed by atoms with E-state index in [1.165, 1.54) is 186 Å². The number of rotatable bonds is 42. The fraction of sp³-hybridized carbons (Fsp3) is 0.978. The molecule has 1 amide bonds. The monoisotopic (exact) mass is 726 g/mol. The summed E-state index contributed by atoms with van der Waals surface area (Å²) >= 11 is 0. The maximum atomic E-state index is 12.4. The Morgan fingerprint density at radius 2 is 0.667 bits per heavy atom. The van der Waals surface area contributed by atoms with Gasteiger partial charge in [-0.3, -0.25) is 4.79 Å². The summed E-state index contributed by atoms with van der Waals surface area (Å²) < 4.78 is 0. The zero-order valence-electron chi connectivity index (χ0n) is 34.4. The van der Waals surface area contributed by atoms with Crippen LogP contribution in [0.15, 0.2) is 0 Å². The first-order chi connectivity index (χ1) is 25.0. The molecular weight excluding hydrogens is 634 g/mol. The number of hydrogen-bond donors (Lipinski definition) is 5. The van der Waals surface area contributed by atoms with Gasteiger partial charge >= 0.3 is 0 Å². The van der Waals surface area contributed by atoms with Gasteiger partial charge in [0.2, 0.25) is 5.91 Å². The van der Waals surface area contributed by atoms with Gasteiger partial charge in [-0.2, -0.15) is 0 Å². The van der Waals surface area contributed by atoms with Crippen LogP contribution in [-0.2, 0) is 4.79 Å². The summed E-state index contributed by atoms with van der Waals surface area (Å²) in [6.07, 6.45) is 43.3. The van der Waals surface area contributed by atoms with Crippen molar-refractivity contribution >= 4 is 5.91 Å². The first-order valence-corrected chi connectivity index (χ1v) is 22.9. The number of carbonyl (C=O) groups excluding carboxylic acids is 1. The summed E-state index contributed by atoms with van der Waals surface area (Å²) in [6, 6.07) is -0.977. The van der Waals surface area contributed by atoms with Crippen LogP contribution < -0.4 is 5.32 Å². The summed E-state index contributed by atoms with van der Waals surface area (Å²) in [4.78, 5) is 12.4. The van der Waals surface area contributed by atoms with E-state index in [1.54, 1.807) is 0 Å². The fourth-order valence-electron chi connectivity index (χ4n) is 7.41. The van der Waals surface area contributed by atoms with E-state index < -0.39 is 36.9 Å². The summed E-state index contributed by atoms with van der Waals surface area (Å²) in [5.74, 6) is -0.582. The molecule has 0 aromatic rings. The van der Waals surface area contributed by atoms with Gasteiger partial charge in [0.05, 0.1) is 18.8 Å². The Hall–Kier alpha value is -0.690. The van der Waals surface area contributed by atoms with E-state index in [1.807, 2.05) is 0 Å². The van der Waals surface area contributed by atoms with Crippen molar-refractivity contribution in [2.75, 3.05) is 6.61 Å². The quantitative estimate of drug-likeness (QED) is 0.0402. The van der Waals surface area contributed by atoms with Gasteiger partial charge in [0.15, 0.2) is 0 Å². The van der Waals surface area contributed by atoms with Crippen molar-refractivity contribution < 1.29 is 25.2 Å². The zero-order chi connectivity index (χ0) is 37.5. The topological polar surface area (TPSA) is 110 Å². The van der Waals surface area contributed by atoms with Gasteiger partial charge in [0.25, 0.3) is 0 Å². The molecule has 0 saturated heterocycles. The molecule has 5 N–H and O–H groups in total. The number of carbonyl (C=O) groups is 1. The molecule has 6 heteroatoms. The standard InChI is InChI=1S/C45H91NO5/c1-3-5-7-9-11-12-13-14-15-16-17-18-19-20-21-22-23-24-25-26-27-28-29-30-31-33-35-37-39-43(49)45(51)46-41(40-47)44(50)42(48)38-36-34-32-10-8-6-4-2/h41-44,47-50H,3-40H2,1-2H3,(H,46,51). The molecule has 4 unspecified atom stereocenters. The average molecular weight is 726 g/mol. The van der Waals surface area contributed by atoms with Gasteiger partial charge < -0.3 is 25.7 Å². The highest BCUT2D eigenvalue weighted by Crippen LogP contribution is 2.17. The fourth-order valence-corrected chi connectivity index (χ4v) is 7.41. The van der Waals surface area contributed by atoms with Crippen LogP contribution >= 0.6 is 0 Å². The molecule has 0 fully saturated rings. The normalized spacial score (nSPS) is 14.1. The van der Waals surface area contributed by atoms with Crippen molar-refractivity contribution in [1.82, 2.24) is 5.32 Å². The van der Waals surface area contributed by atoms with Gasteiger partial charge in [-0.1, -0.05) is 239 Å². The van der Waals surface area contributed by atoms with Crippen molar-refractivity contribution in [1.29, 1.82) is 0 Å². The third kappa shape index (κ3) is 34.8. The van der Waals surface area contributed by atoms with Crippen molar-refractivity contribution in [2.45, 2.75) is 276 Å². The van der Waals surface area contributed by atoms with Gasteiger partial charge in [-0.05, 0) is 12.8 Å². The molecule has 306 valence electrons. The predicted molar refractivity (Wildman–Crippen MR) is 219 cm³/mol. The molecule has 0 saturated carbocycles. The summed E-state index contributed by atoms with van der Waals surface area (Å²) in [5, 5.41) is 43.3. The van der Waals surface area contributed by atoms with Crippen molar-refractivity contribution in [3.05, 3.63) is 0 Å². The number of aliphatic hydroxyl groups excluding tert-OH is 4. The highest BCUT2D eigenvalue weighted by molar-refractivity contribution is 5.80. The minimum absolute atomic E-state index is 0.375. The van der Waals surface area contributed by atoms with Gasteiger partial charge in [-0.25, -0.2) is 0 Å². The van der Waals surface area contributed by atoms with Gasteiger partial charge in [-0.15, -0.1) is 0 Å². The second kappa shape index (κ2) is 40.5. The second-order valence-corrected chi connectivity index (χ2v) is 16.1. The lowest BCUT2D eigenvalue weighted by atomic mass is 9.99. The third-order valence-corrected chi connectivity index (χ3v) is 11.1. The molecule has 0 aliphatic carbocycles. The van der Waals surface area contributed by atoms with E-state index in [0.717, 1.165) is 38.5 Å². The van der Waals surface area contributed by atoms with Crippen molar-refractivity contribution in [2.24, 2.45) is 0 Å². The number of nitrogens with one attached hydrogen (secondary N) is 1. The largest absolute Gasteiger partial charge is 0.394 e. The minimum atomic E-state index is -1.25. The number of aliphatic hydroxyl groups is 4. The van der Waals surface area contributed by atoms with Crippen molar-refractivity contribution in [3.63, 3.8) is 0 Å². The Balaban J connectivity index is 3.50. The molecule has 0 radical (unpaired) electrons. The lowest BCUT2D eigenvalue weighted by Crippen LogP contribution is -2.53. The number of amides is 1. The molecular formula is C45H91NO5. The van der Waals surface area contributed by atoms with E-state index in [-0.39, 0.29) is 0 Å². The highest BCUT2D eigenvalue weighted by atomic mass is 16.3. The molecule has 0 spiro atoms. The molecule has 0 aromatic heterocycles. The molecule has 0 aliphatic rings. The van der Waals surface area contributed by atoms with Crippen LogP contribution in [-0.4, -0.2) is 57.3 Å². The third-order valence-electron chi connectivity index (χ3n) is 11.1. The Morgan fingerprint density at radius 3 is 0.941 bits per heavy atom. The van der Waals surface area contributed by atoms with E-state index in [9.17, 15) is 25.2 Å². The van der Waals surface area contributed by atoms with Crippen LogP contribution in [0.4, 0.5) is 0 Å². The summed E-state index contributed by atoms with van der Waals surface area (Å²) in [7, 11) is 0. The van der Waals surface area contributed by atoms with Crippen LogP contribution in [0, 0.1) is 0 Å². The maximum absolute atomic E-state index is 12.4. The van der Waals surface area contributed by atoms with Crippen molar-refractivity contribution in [3.8, 4) is 0 Å². The maximum Gasteiger partial charge on any atom is 0.249 e. The lowest BCUT2D eigenvalue weighted by Gasteiger charge is -2.27. The molecule has 0 bridgehead atoms. The smallest absolute Gasteiger partial charge is 0.249 e. The van der Waals surface area contributed by atoms with Crippen LogP contribution in [0.3, 0.4) is 0 Å². The Labute approximate surface area is 318 Å². The average Bonchev–Trinajstić information content (AvgIpc) is 3.13. The molecule has 4 atom stereocenters. The first-order valence-electron chi connectivity index (χ1n) is 22.9. The molecule has 6 nitrogen and oxygen atoms in total. The first kappa shape index (κ1) is 50.3. The van der Waals surface area contributed by atoms with Gasteiger partial charge in [0.1, 0.15) is 12.2 Å². The van der Waals surface area contributed by atoms with Crippen LogP contribution in [0.1, 0.15) is 251 Å². The number of hydrogen-bond acceptors (Lipinski definition) is 5. The second-order valence-electron chi connectivity index (χ2n) is 16.1. The Morgan fingerprint density at radius 1 is 0.412 bits per heavy atom. The van der Waals surface area contributed by atoms with Crippen LogP contribution in [0.2, 0.25) is 0 Å². The SMILES string of the molecule is CCCCCCCCCCCCCCCCCCCCCCCCCCCCCCC(O)C(=O)NC(CO)C(O)C(O)CCCCCCCCC. The summed E-state index contributed by atoms with van der Waals surface area (Å²) in [5.41, 5.74) is 0. The zero-order valence-corrected chi connectivity index (χ0v) is 34.4. The van der Waals surface area contributed by atoms with Crippen LogP contribution in [0.5, 0.6) is 0 Å². The van der Waals surface area contributed by atoms with E-state index >= 15 is 0 Å². The molecule has 0 heterocycles. The number of unbranched alkanes of at least 4 members (excludes halogenated alkanes) is 33. The Kier molecular flexibility index (Phi) is 39.9.